The number of carbonyl (C=O) groups excluding carboxylic acids is 2. The molecule has 180 valence electrons. The summed E-state index contributed by atoms with van der Waals surface area (Å²) in [6, 6.07) is 21.2. The minimum Gasteiger partial charge on any atom is -0.507 e. The maximum absolute atomic E-state index is 13.3. The van der Waals surface area contributed by atoms with Gasteiger partial charge in [-0.15, -0.1) is 0 Å². The van der Waals surface area contributed by atoms with Gasteiger partial charge in [0.25, 0.3) is 11.7 Å². The fourth-order valence-electron chi connectivity index (χ4n) is 4.53. The second-order valence-electron chi connectivity index (χ2n) is 8.46. The second-order valence-corrected chi connectivity index (χ2v) is 8.90. The van der Waals surface area contributed by atoms with Gasteiger partial charge in [0.05, 0.1) is 11.6 Å². The van der Waals surface area contributed by atoms with Crippen LogP contribution in [-0.2, 0) is 16.0 Å². The van der Waals surface area contributed by atoms with E-state index in [4.69, 9.17) is 11.6 Å². The van der Waals surface area contributed by atoms with E-state index in [0.29, 0.717) is 16.3 Å². The molecule has 3 aromatic rings. The maximum atomic E-state index is 13.3. The van der Waals surface area contributed by atoms with Crippen LogP contribution >= 0.6 is 11.6 Å². The Kier molecular flexibility index (Phi) is 7.27. The van der Waals surface area contributed by atoms with E-state index in [1.807, 2.05) is 48.5 Å². The van der Waals surface area contributed by atoms with Crippen LogP contribution in [0.15, 0.2) is 78.4 Å². The molecular weight excluding hydrogens is 460 g/mol. The zero-order chi connectivity index (χ0) is 25.1. The van der Waals surface area contributed by atoms with Gasteiger partial charge in [0.1, 0.15) is 5.76 Å². The molecule has 1 unspecified atom stereocenters. The summed E-state index contributed by atoms with van der Waals surface area (Å²) in [5, 5.41) is 11.7. The lowest BCUT2D eigenvalue weighted by molar-refractivity contribution is -0.132. The van der Waals surface area contributed by atoms with Crippen LogP contribution in [-0.4, -0.2) is 29.9 Å². The lowest BCUT2D eigenvalue weighted by Crippen LogP contribution is -2.29. The number of aliphatic hydroxyl groups excluding tert-OH is 1. The molecule has 5 nitrogen and oxygen atoms in total. The van der Waals surface area contributed by atoms with E-state index in [0.717, 1.165) is 36.3 Å². The Labute approximate surface area is 211 Å². The van der Waals surface area contributed by atoms with Crippen molar-refractivity contribution in [2.75, 3.05) is 22.9 Å². The fourth-order valence-corrected chi connectivity index (χ4v) is 4.65. The molecule has 1 N–H and O–H groups in total. The van der Waals surface area contributed by atoms with Gasteiger partial charge < -0.3 is 10.0 Å². The van der Waals surface area contributed by atoms with Crippen molar-refractivity contribution in [3.05, 3.63) is 100 Å². The molecule has 0 aromatic heterocycles. The summed E-state index contributed by atoms with van der Waals surface area (Å²) in [6.07, 6.45) is 0.867. The molecule has 0 radical (unpaired) electrons. The van der Waals surface area contributed by atoms with Gasteiger partial charge >= 0.3 is 0 Å². The Morgan fingerprint density at radius 3 is 2.03 bits per heavy atom. The van der Waals surface area contributed by atoms with Crippen LogP contribution in [0.5, 0.6) is 0 Å². The summed E-state index contributed by atoms with van der Waals surface area (Å²) in [5.41, 5.74) is 4.03. The molecular formula is C29H29ClN2O3. The number of nitrogens with zero attached hydrogens (tertiary/aromatic N) is 2. The molecule has 1 fully saturated rings. The number of aliphatic hydroxyl groups is 1. The van der Waals surface area contributed by atoms with Gasteiger partial charge in [-0.1, -0.05) is 42.8 Å². The topological polar surface area (TPSA) is 60.9 Å². The number of halogens is 1. The number of Topliss-reactive ketones (excluding diaryl/α,β-unsaturated/α-hetero) is 1. The van der Waals surface area contributed by atoms with E-state index in [9.17, 15) is 14.7 Å². The number of carbonyl (C=O) groups is 2. The zero-order valence-corrected chi connectivity index (χ0v) is 20.9. The minimum atomic E-state index is -0.760. The first-order valence-corrected chi connectivity index (χ1v) is 12.3. The lowest BCUT2D eigenvalue weighted by atomic mass is 9.94. The summed E-state index contributed by atoms with van der Waals surface area (Å²) >= 11 is 6.01. The zero-order valence-electron chi connectivity index (χ0n) is 20.2. The van der Waals surface area contributed by atoms with E-state index < -0.39 is 17.7 Å². The molecule has 35 heavy (non-hydrogen) atoms. The standard InChI is InChI=1S/C29H29ClN2O3/c1-4-19-7-15-24(16-8-19)32-26(20-11-17-23(18-12-20)31(5-2)6-3)25(28(34)29(32)35)27(33)21-9-13-22(30)14-10-21/h7-18,26,33H,4-6H2,1-3H3/b27-25-. The van der Waals surface area contributed by atoms with E-state index in [2.05, 4.69) is 25.7 Å². The van der Waals surface area contributed by atoms with Crippen LogP contribution in [0.1, 0.15) is 43.5 Å². The number of amides is 1. The smallest absolute Gasteiger partial charge is 0.300 e. The van der Waals surface area contributed by atoms with Crippen molar-refractivity contribution in [1.82, 2.24) is 0 Å². The van der Waals surface area contributed by atoms with Gasteiger partial charge in [-0.05, 0) is 79.9 Å². The van der Waals surface area contributed by atoms with Crippen LogP contribution in [0.25, 0.3) is 5.76 Å². The average molecular weight is 489 g/mol. The largest absolute Gasteiger partial charge is 0.507 e. The highest BCUT2D eigenvalue weighted by Gasteiger charge is 2.47. The summed E-state index contributed by atoms with van der Waals surface area (Å²) in [4.78, 5) is 30.3. The molecule has 1 saturated heterocycles. The summed E-state index contributed by atoms with van der Waals surface area (Å²) in [7, 11) is 0. The molecule has 0 aliphatic carbocycles. The first-order valence-electron chi connectivity index (χ1n) is 11.9. The van der Waals surface area contributed by atoms with Gasteiger partial charge in [0.15, 0.2) is 0 Å². The lowest BCUT2D eigenvalue weighted by Gasteiger charge is -2.27. The summed E-state index contributed by atoms with van der Waals surface area (Å²) < 4.78 is 0. The number of hydrogen-bond acceptors (Lipinski definition) is 4. The van der Waals surface area contributed by atoms with Crippen molar-refractivity contribution in [2.24, 2.45) is 0 Å². The Morgan fingerprint density at radius 2 is 1.49 bits per heavy atom. The number of rotatable bonds is 7. The van der Waals surface area contributed by atoms with Gasteiger partial charge in [0.2, 0.25) is 0 Å². The second kappa shape index (κ2) is 10.4. The van der Waals surface area contributed by atoms with Crippen molar-refractivity contribution >= 4 is 40.4 Å². The third kappa shape index (κ3) is 4.69. The molecule has 1 aliphatic heterocycles. The average Bonchev–Trinajstić information content (AvgIpc) is 3.15. The number of ketones is 1. The monoisotopic (exact) mass is 488 g/mol. The molecule has 4 rings (SSSR count). The SMILES string of the molecule is CCc1ccc(N2C(=O)C(=O)/C(=C(\O)c3ccc(Cl)cc3)C2c2ccc(N(CC)CC)cc2)cc1. The van der Waals surface area contributed by atoms with Gasteiger partial charge in [-0.2, -0.15) is 0 Å². The highest BCUT2D eigenvalue weighted by Crippen LogP contribution is 2.42. The third-order valence-electron chi connectivity index (χ3n) is 6.52. The van der Waals surface area contributed by atoms with Crippen molar-refractivity contribution in [2.45, 2.75) is 33.2 Å². The Bertz CT molecular complexity index is 1240. The maximum Gasteiger partial charge on any atom is 0.300 e. The van der Waals surface area contributed by atoms with E-state index in [1.54, 1.807) is 24.3 Å². The molecule has 3 aromatic carbocycles. The highest BCUT2D eigenvalue weighted by molar-refractivity contribution is 6.51. The first kappa shape index (κ1) is 24.6. The fraction of sp³-hybridized carbons (Fsp3) is 0.241. The van der Waals surface area contributed by atoms with E-state index in [1.165, 1.54) is 4.90 Å². The molecule has 1 atom stereocenters. The Hall–Kier alpha value is -3.57. The number of anilines is 2. The summed E-state index contributed by atoms with van der Waals surface area (Å²) in [5.74, 6) is -1.59. The minimum absolute atomic E-state index is 0.0625. The van der Waals surface area contributed by atoms with E-state index in [-0.39, 0.29) is 11.3 Å². The normalized spacial score (nSPS) is 17.1. The van der Waals surface area contributed by atoms with Crippen molar-refractivity contribution in [1.29, 1.82) is 0 Å². The van der Waals surface area contributed by atoms with Gasteiger partial charge in [0, 0.05) is 35.1 Å². The number of hydrogen-bond donors (Lipinski definition) is 1. The van der Waals surface area contributed by atoms with Crippen LogP contribution in [0.2, 0.25) is 5.02 Å². The molecule has 1 amide bonds. The molecule has 0 saturated carbocycles. The van der Waals surface area contributed by atoms with Crippen LogP contribution in [0.4, 0.5) is 11.4 Å². The molecule has 1 heterocycles. The predicted octanol–water partition coefficient (Wildman–Crippen LogP) is 6.37. The Morgan fingerprint density at radius 1 is 0.886 bits per heavy atom. The van der Waals surface area contributed by atoms with Crippen LogP contribution < -0.4 is 9.80 Å². The van der Waals surface area contributed by atoms with Crippen LogP contribution in [0.3, 0.4) is 0 Å². The molecule has 0 bridgehead atoms. The first-order chi connectivity index (χ1) is 16.9. The van der Waals surface area contributed by atoms with Crippen LogP contribution in [0, 0.1) is 0 Å². The van der Waals surface area contributed by atoms with Crippen molar-refractivity contribution < 1.29 is 14.7 Å². The third-order valence-corrected chi connectivity index (χ3v) is 6.77. The summed E-state index contributed by atoms with van der Waals surface area (Å²) in [6.45, 7) is 7.99. The molecule has 6 heteroatoms. The Balaban J connectivity index is 1.88. The quantitative estimate of drug-likeness (QED) is 0.238. The van der Waals surface area contributed by atoms with Gasteiger partial charge in [-0.25, -0.2) is 0 Å². The number of benzene rings is 3. The number of aryl methyl sites for hydroxylation is 1. The molecule has 0 spiro atoms. The predicted molar refractivity (Wildman–Crippen MR) is 142 cm³/mol. The molecule has 1 aliphatic rings. The highest BCUT2D eigenvalue weighted by atomic mass is 35.5. The van der Waals surface area contributed by atoms with E-state index >= 15 is 0 Å². The van der Waals surface area contributed by atoms with Gasteiger partial charge in [-0.3, -0.25) is 14.5 Å². The van der Waals surface area contributed by atoms with Crippen molar-refractivity contribution in [3.8, 4) is 0 Å². The van der Waals surface area contributed by atoms with Crippen molar-refractivity contribution in [3.63, 3.8) is 0 Å².